The van der Waals surface area contributed by atoms with E-state index in [1.54, 1.807) is 32.0 Å². The van der Waals surface area contributed by atoms with Crippen molar-refractivity contribution in [1.29, 1.82) is 0 Å². The summed E-state index contributed by atoms with van der Waals surface area (Å²) in [5.41, 5.74) is 0.931. The second-order valence-electron chi connectivity index (χ2n) is 3.99. The van der Waals surface area contributed by atoms with Gasteiger partial charge in [-0.05, 0) is 26.8 Å². The van der Waals surface area contributed by atoms with Crippen molar-refractivity contribution in [2.24, 2.45) is 0 Å². The molecular weight excluding hydrogens is 234 g/mol. The van der Waals surface area contributed by atoms with Crippen molar-refractivity contribution in [2.75, 3.05) is 11.9 Å². The largest absolute Gasteiger partial charge is 0.368 e. The normalized spacial score (nSPS) is 11.7. The minimum absolute atomic E-state index is 0.00801. The number of benzene rings is 1. The first-order valence-electron chi connectivity index (χ1n) is 5.75. The second-order valence-corrected chi connectivity index (χ2v) is 3.99. The van der Waals surface area contributed by atoms with Gasteiger partial charge >= 0.3 is 0 Å². The summed E-state index contributed by atoms with van der Waals surface area (Å²) in [5, 5.41) is 16.5. The Kier molecular flexibility index (Phi) is 4.65. The molecule has 0 heterocycles. The lowest BCUT2D eigenvalue weighted by Gasteiger charge is -2.15. The number of carbonyl (C=O) groups excluding carboxylic acids is 1. The smallest absolute Gasteiger partial charge is 0.295 e. The van der Waals surface area contributed by atoms with Crippen LogP contribution in [0, 0.1) is 17.0 Å². The maximum absolute atomic E-state index is 11.6. The van der Waals surface area contributed by atoms with Gasteiger partial charge in [-0.15, -0.1) is 0 Å². The molecule has 0 fully saturated rings. The highest BCUT2D eigenvalue weighted by molar-refractivity contribution is 5.85. The fraction of sp³-hybridized carbons (Fsp3) is 0.417. The number of nitro benzene ring substituents is 1. The number of hydrogen-bond acceptors (Lipinski definition) is 4. The minimum atomic E-state index is -0.523. The number of hydrogen-bond donors (Lipinski definition) is 2. The summed E-state index contributed by atoms with van der Waals surface area (Å²) in [7, 11) is 0. The summed E-state index contributed by atoms with van der Waals surface area (Å²) in [4.78, 5) is 22.1. The van der Waals surface area contributed by atoms with Crippen LogP contribution in [0.25, 0.3) is 0 Å². The summed E-state index contributed by atoms with van der Waals surface area (Å²) in [6.07, 6.45) is 0. The van der Waals surface area contributed by atoms with Gasteiger partial charge in [0.25, 0.3) is 5.69 Å². The van der Waals surface area contributed by atoms with Crippen LogP contribution in [-0.2, 0) is 4.79 Å². The van der Waals surface area contributed by atoms with E-state index in [1.165, 1.54) is 0 Å². The average molecular weight is 251 g/mol. The minimum Gasteiger partial charge on any atom is -0.368 e. The van der Waals surface area contributed by atoms with Crippen molar-refractivity contribution in [3.63, 3.8) is 0 Å². The maximum atomic E-state index is 11.6. The van der Waals surface area contributed by atoms with Crippen LogP contribution in [0.15, 0.2) is 18.2 Å². The molecule has 1 aromatic carbocycles. The Bertz CT molecular complexity index is 460. The number of likely N-dealkylation sites (N-methyl/N-ethyl adjacent to an activating group) is 1. The molecule has 6 heteroatoms. The van der Waals surface area contributed by atoms with Crippen molar-refractivity contribution in [3.05, 3.63) is 33.9 Å². The first-order chi connectivity index (χ1) is 8.47. The molecule has 0 aromatic heterocycles. The van der Waals surface area contributed by atoms with Gasteiger partial charge in [0.15, 0.2) is 0 Å². The van der Waals surface area contributed by atoms with Gasteiger partial charge in [0.2, 0.25) is 5.91 Å². The third-order valence-electron chi connectivity index (χ3n) is 2.54. The zero-order valence-corrected chi connectivity index (χ0v) is 10.7. The van der Waals surface area contributed by atoms with E-state index in [2.05, 4.69) is 10.6 Å². The first kappa shape index (κ1) is 14.0. The Morgan fingerprint density at radius 3 is 2.72 bits per heavy atom. The average Bonchev–Trinajstić information content (AvgIpc) is 2.28. The third kappa shape index (κ3) is 3.19. The van der Waals surface area contributed by atoms with Gasteiger partial charge in [-0.2, -0.15) is 0 Å². The molecular formula is C12H17N3O3. The van der Waals surface area contributed by atoms with Crippen LogP contribution < -0.4 is 10.6 Å². The molecule has 1 atom stereocenters. The third-order valence-corrected chi connectivity index (χ3v) is 2.54. The molecule has 0 saturated heterocycles. The molecule has 0 aliphatic carbocycles. The van der Waals surface area contributed by atoms with Gasteiger partial charge in [0.1, 0.15) is 11.7 Å². The topological polar surface area (TPSA) is 84.3 Å². The summed E-state index contributed by atoms with van der Waals surface area (Å²) >= 11 is 0. The molecule has 18 heavy (non-hydrogen) atoms. The number of para-hydroxylation sites is 1. The fourth-order valence-corrected chi connectivity index (χ4v) is 1.64. The summed E-state index contributed by atoms with van der Waals surface area (Å²) < 4.78 is 0. The van der Waals surface area contributed by atoms with Crippen LogP contribution in [0.2, 0.25) is 0 Å². The highest BCUT2D eigenvalue weighted by atomic mass is 16.6. The highest BCUT2D eigenvalue weighted by Gasteiger charge is 2.20. The van der Waals surface area contributed by atoms with Crippen LogP contribution >= 0.6 is 0 Å². The van der Waals surface area contributed by atoms with Gasteiger partial charge in [-0.25, -0.2) is 0 Å². The van der Waals surface area contributed by atoms with Crippen LogP contribution in [0.5, 0.6) is 0 Å². The Labute approximate surface area is 106 Å². The van der Waals surface area contributed by atoms with Crippen LogP contribution in [0.1, 0.15) is 19.4 Å². The zero-order valence-electron chi connectivity index (χ0n) is 10.7. The Balaban J connectivity index is 2.94. The molecule has 0 radical (unpaired) electrons. The molecule has 0 aliphatic heterocycles. The lowest BCUT2D eigenvalue weighted by atomic mass is 10.1. The number of nitrogens with one attached hydrogen (secondary N) is 2. The SMILES string of the molecule is CCNC(=O)C(C)Nc1cccc(C)c1[N+](=O)[O-]. The first-order valence-corrected chi connectivity index (χ1v) is 5.75. The van der Waals surface area contributed by atoms with Crippen LogP contribution in [0.4, 0.5) is 11.4 Å². The van der Waals surface area contributed by atoms with E-state index >= 15 is 0 Å². The molecule has 6 nitrogen and oxygen atoms in total. The van der Waals surface area contributed by atoms with Crippen molar-refractivity contribution >= 4 is 17.3 Å². The van der Waals surface area contributed by atoms with E-state index in [-0.39, 0.29) is 11.6 Å². The van der Waals surface area contributed by atoms with E-state index in [0.717, 1.165) is 0 Å². The van der Waals surface area contributed by atoms with E-state index < -0.39 is 11.0 Å². The molecule has 0 spiro atoms. The van der Waals surface area contributed by atoms with Gasteiger partial charge in [-0.1, -0.05) is 12.1 Å². The standard InChI is InChI=1S/C12H17N3O3/c1-4-13-12(16)9(3)14-10-7-5-6-8(2)11(10)15(17)18/h5-7,9,14H,4H2,1-3H3,(H,13,16). The van der Waals surface area contributed by atoms with Crippen molar-refractivity contribution < 1.29 is 9.72 Å². The molecule has 0 saturated carbocycles. The van der Waals surface area contributed by atoms with E-state index in [4.69, 9.17) is 0 Å². The number of nitrogens with zero attached hydrogens (tertiary/aromatic N) is 1. The lowest BCUT2D eigenvalue weighted by Crippen LogP contribution is -2.37. The van der Waals surface area contributed by atoms with Gasteiger partial charge in [-0.3, -0.25) is 14.9 Å². The maximum Gasteiger partial charge on any atom is 0.295 e. The molecule has 98 valence electrons. The molecule has 1 amide bonds. The summed E-state index contributed by atoms with van der Waals surface area (Å²) in [6.45, 7) is 5.68. The van der Waals surface area contributed by atoms with Crippen LogP contribution in [-0.4, -0.2) is 23.4 Å². The van der Waals surface area contributed by atoms with Gasteiger partial charge in [0, 0.05) is 12.1 Å². The summed E-state index contributed by atoms with van der Waals surface area (Å²) in [6, 6.07) is 4.46. The van der Waals surface area contributed by atoms with Crippen LogP contribution in [0.3, 0.4) is 0 Å². The van der Waals surface area contributed by atoms with Crippen molar-refractivity contribution in [1.82, 2.24) is 5.32 Å². The lowest BCUT2D eigenvalue weighted by molar-refractivity contribution is -0.384. The molecule has 1 unspecified atom stereocenters. The van der Waals surface area contributed by atoms with Gasteiger partial charge < -0.3 is 10.6 Å². The van der Waals surface area contributed by atoms with Crippen molar-refractivity contribution in [3.8, 4) is 0 Å². The molecule has 2 N–H and O–H groups in total. The predicted octanol–water partition coefficient (Wildman–Crippen LogP) is 1.84. The van der Waals surface area contributed by atoms with E-state index in [0.29, 0.717) is 17.8 Å². The zero-order chi connectivity index (χ0) is 13.7. The quantitative estimate of drug-likeness (QED) is 0.617. The summed E-state index contributed by atoms with van der Waals surface area (Å²) in [5.74, 6) is -0.187. The Morgan fingerprint density at radius 2 is 2.17 bits per heavy atom. The Morgan fingerprint density at radius 1 is 1.50 bits per heavy atom. The number of carbonyl (C=O) groups is 1. The molecule has 1 rings (SSSR count). The highest BCUT2D eigenvalue weighted by Crippen LogP contribution is 2.28. The second kappa shape index (κ2) is 6.00. The van der Waals surface area contributed by atoms with E-state index in [1.807, 2.05) is 6.92 Å². The number of aryl methyl sites for hydroxylation is 1. The molecule has 1 aromatic rings. The number of rotatable bonds is 5. The van der Waals surface area contributed by atoms with E-state index in [9.17, 15) is 14.9 Å². The predicted molar refractivity (Wildman–Crippen MR) is 69.6 cm³/mol. The number of anilines is 1. The fourth-order valence-electron chi connectivity index (χ4n) is 1.64. The monoisotopic (exact) mass is 251 g/mol. The Hall–Kier alpha value is -2.11. The number of nitro groups is 1. The number of amides is 1. The van der Waals surface area contributed by atoms with Gasteiger partial charge in [0.05, 0.1) is 4.92 Å². The van der Waals surface area contributed by atoms with Crippen molar-refractivity contribution in [2.45, 2.75) is 26.8 Å². The molecule has 0 aliphatic rings. The molecule has 0 bridgehead atoms.